The highest BCUT2D eigenvalue weighted by atomic mass is 19.1. The number of likely N-dealkylation sites (N-methyl/N-ethyl adjacent to an activating group) is 1. The Hall–Kier alpha value is -4.02. The van der Waals surface area contributed by atoms with Crippen molar-refractivity contribution in [3.05, 3.63) is 60.4 Å². The predicted molar refractivity (Wildman–Crippen MR) is 130 cm³/mol. The number of halogens is 1. The molecule has 0 aliphatic heterocycles. The average molecular weight is 494 g/mol. The van der Waals surface area contributed by atoms with E-state index >= 15 is 0 Å². The molecule has 2 heterocycles. The van der Waals surface area contributed by atoms with Crippen molar-refractivity contribution in [1.82, 2.24) is 24.6 Å². The van der Waals surface area contributed by atoms with Gasteiger partial charge in [-0.15, -0.1) is 0 Å². The maximum Gasteiger partial charge on any atom is 0.244 e. The third-order valence-corrected chi connectivity index (χ3v) is 6.84. The quantitative estimate of drug-likeness (QED) is 0.446. The van der Waals surface area contributed by atoms with Crippen LogP contribution in [0.4, 0.5) is 16.0 Å². The van der Waals surface area contributed by atoms with Gasteiger partial charge < -0.3 is 20.3 Å². The van der Waals surface area contributed by atoms with Gasteiger partial charge in [0.05, 0.1) is 36.2 Å². The number of hydrogen-bond donors (Lipinski definition) is 2. The fraction of sp³-hybridized carbons (Fsp3) is 0.400. The first kappa shape index (κ1) is 23.7. The SMILES string of the molecule is Cc1ccc(OCCN(C)C(=O)Cn2cc(NC(=O)C34CC(Nc5ncc(F)cn5)(C3)C4)cn2)cc1. The van der Waals surface area contributed by atoms with Gasteiger partial charge in [-0.2, -0.15) is 5.10 Å². The van der Waals surface area contributed by atoms with Crippen molar-refractivity contribution in [1.29, 1.82) is 0 Å². The van der Waals surface area contributed by atoms with Gasteiger partial charge in [0.15, 0.2) is 5.82 Å². The largest absolute Gasteiger partial charge is 0.492 e. The van der Waals surface area contributed by atoms with Crippen molar-refractivity contribution in [2.45, 2.75) is 38.3 Å². The summed E-state index contributed by atoms with van der Waals surface area (Å²) in [6.45, 7) is 2.90. The number of benzene rings is 1. The van der Waals surface area contributed by atoms with Gasteiger partial charge in [-0.05, 0) is 38.3 Å². The van der Waals surface area contributed by atoms with Crippen LogP contribution in [-0.2, 0) is 16.1 Å². The van der Waals surface area contributed by atoms with Crippen LogP contribution in [0.25, 0.3) is 0 Å². The second-order valence-corrected chi connectivity index (χ2v) is 9.80. The monoisotopic (exact) mass is 493 g/mol. The average Bonchev–Trinajstić information content (AvgIpc) is 3.24. The first-order valence-corrected chi connectivity index (χ1v) is 11.8. The van der Waals surface area contributed by atoms with Gasteiger partial charge in [0, 0.05) is 18.8 Å². The predicted octanol–water partition coefficient (Wildman–Crippen LogP) is 2.63. The minimum Gasteiger partial charge on any atom is -0.492 e. The number of ether oxygens (including phenoxy) is 1. The van der Waals surface area contributed by atoms with Crippen LogP contribution in [0.1, 0.15) is 24.8 Å². The molecular formula is C25H28FN7O3. The van der Waals surface area contributed by atoms with Crippen LogP contribution in [0.15, 0.2) is 49.1 Å². The topological polar surface area (TPSA) is 114 Å². The van der Waals surface area contributed by atoms with Crippen LogP contribution in [-0.4, -0.2) is 62.2 Å². The number of hydrogen-bond acceptors (Lipinski definition) is 7. The van der Waals surface area contributed by atoms with Crippen molar-refractivity contribution in [3.63, 3.8) is 0 Å². The molecule has 3 aliphatic carbocycles. The van der Waals surface area contributed by atoms with Crippen molar-refractivity contribution in [2.24, 2.45) is 5.41 Å². The Labute approximate surface area is 207 Å². The van der Waals surface area contributed by atoms with Crippen LogP contribution in [0.5, 0.6) is 5.75 Å². The van der Waals surface area contributed by atoms with Crippen LogP contribution < -0.4 is 15.4 Å². The molecule has 1 aromatic carbocycles. The summed E-state index contributed by atoms with van der Waals surface area (Å²) in [5.41, 5.74) is 1.07. The Kier molecular flexibility index (Phi) is 6.07. The number of aryl methyl sites for hydroxylation is 1. The van der Waals surface area contributed by atoms with E-state index in [0.29, 0.717) is 44.0 Å². The zero-order valence-electron chi connectivity index (χ0n) is 20.2. The number of amides is 2. The number of aromatic nitrogens is 4. The molecule has 0 unspecified atom stereocenters. The van der Waals surface area contributed by atoms with Crippen molar-refractivity contribution in [3.8, 4) is 5.75 Å². The molecule has 3 fully saturated rings. The summed E-state index contributed by atoms with van der Waals surface area (Å²) in [5.74, 6) is 0.460. The third kappa shape index (κ3) is 4.86. The van der Waals surface area contributed by atoms with Gasteiger partial charge in [0.1, 0.15) is 18.9 Å². The van der Waals surface area contributed by atoms with Crippen LogP contribution in [0, 0.1) is 18.2 Å². The lowest BCUT2D eigenvalue weighted by Crippen LogP contribution is -2.74. The first-order valence-electron chi connectivity index (χ1n) is 11.8. The zero-order chi connectivity index (χ0) is 25.3. The highest BCUT2D eigenvalue weighted by Crippen LogP contribution is 2.68. The van der Waals surface area contributed by atoms with E-state index in [1.165, 1.54) is 10.9 Å². The van der Waals surface area contributed by atoms with Crippen LogP contribution >= 0.6 is 0 Å². The minimum atomic E-state index is -0.491. The molecule has 0 atom stereocenters. The highest BCUT2D eigenvalue weighted by molar-refractivity contribution is 5.98. The van der Waals surface area contributed by atoms with E-state index < -0.39 is 11.2 Å². The minimum absolute atomic E-state index is 0.0622. The smallest absolute Gasteiger partial charge is 0.244 e. The number of carbonyl (C=O) groups excluding carboxylic acids is 2. The van der Waals surface area contributed by atoms with E-state index in [4.69, 9.17) is 4.74 Å². The maximum absolute atomic E-state index is 13.0. The normalized spacial score (nSPS) is 21.6. The third-order valence-electron chi connectivity index (χ3n) is 6.84. The van der Waals surface area contributed by atoms with Gasteiger partial charge in [0.2, 0.25) is 17.8 Å². The second-order valence-electron chi connectivity index (χ2n) is 9.80. The van der Waals surface area contributed by atoms with Crippen molar-refractivity contribution >= 4 is 23.5 Å². The molecule has 0 spiro atoms. The van der Waals surface area contributed by atoms with Gasteiger partial charge >= 0.3 is 0 Å². The second kappa shape index (κ2) is 9.21. The molecule has 0 saturated heterocycles. The number of nitrogens with one attached hydrogen (secondary N) is 2. The number of anilines is 2. The zero-order valence-corrected chi connectivity index (χ0v) is 20.2. The van der Waals surface area contributed by atoms with Gasteiger partial charge in [0.25, 0.3) is 0 Å². The molecule has 10 nitrogen and oxygen atoms in total. The van der Waals surface area contributed by atoms with Gasteiger partial charge in [-0.3, -0.25) is 14.3 Å². The molecule has 2 bridgehead atoms. The van der Waals surface area contributed by atoms with Crippen LogP contribution in [0.2, 0.25) is 0 Å². The number of nitrogens with zero attached hydrogens (tertiary/aromatic N) is 5. The van der Waals surface area contributed by atoms with E-state index in [-0.39, 0.29) is 23.9 Å². The summed E-state index contributed by atoms with van der Waals surface area (Å²) in [6, 6.07) is 7.76. The summed E-state index contributed by atoms with van der Waals surface area (Å²) >= 11 is 0. The molecule has 2 amide bonds. The van der Waals surface area contributed by atoms with Crippen molar-refractivity contribution < 1.29 is 18.7 Å². The molecule has 3 aliphatic rings. The van der Waals surface area contributed by atoms with Crippen LogP contribution in [0.3, 0.4) is 0 Å². The summed E-state index contributed by atoms with van der Waals surface area (Å²) in [4.78, 5) is 34.8. The molecule has 188 valence electrons. The molecule has 3 aromatic rings. The lowest BCUT2D eigenvalue weighted by atomic mass is 9.39. The molecule has 3 saturated carbocycles. The Morgan fingerprint density at radius 3 is 2.53 bits per heavy atom. The summed E-state index contributed by atoms with van der Waals surface area (Å²) in [6.07, 6.45) is 7.40. The molecular weight excluding hydrogens is 465 g/mol. The van der Waals surface area contributed by atoms with E-state index in [2.05, 4.69) is 25.7 Å². The highest BCUT2D eigenvalue weighted by Gasteiger charge is 2.72. The van der Waals surface area contributed by atoms with E-state index in [1.54, 1.807) is 18.1 Å². The van der Waals surface area contributed by atoms with Gasteiger partial charge in [-0.25, -0.2) is 14.4 Å². The number of carbonyl (C=O) groups is 2. The Bertz CT molecular complexity index is 1240. The van der Waals surface area contributed by atoms with E-state index in [0.717, 1.165) is 23.7 Å². The van der Waals surface area contributed by atoms with E-state index in [9.17, 15) is 14.0 Å². The molecule has 0 radical (unpaired) electrons. The number of rotatable bonds is 10. The standard InChI is InChI=1S/C25H28FN7O3/c1-17-3-5-20(6-4-17)36-8-7-32(2)21(34)13-33-12-19(11-29-33)30-22(35)24-14-25(15-24,16-24)31-23-27-9-18(26)10-28-23/h3-6,9-12H,7-8,13-16H2,1-2H3,(H,30,35)(H,27,28,31). The molecule has 2 N–H and O–H groups in total. The Morgan fingerprint density at radius 1 is 1.14 bits per heavy atom. The van der Waals surface area contributed by atoms with Gasteiger partial charge in [-0.1, -0.05) is 17.7 Å². The molecule has 2 aromatic heterocycles. The fourth-order valence-corrected chi connectivity index (χ4v) is 4.87. The van der Waals surface area contributed by atoms with E-state index in [1.807, 2.05) is 31.2 Å². The lowest BCUT2D eigenvalue weighted by Gasteiger charge is -2.69. The summed E-state index contributed by atoms with van der Waals surface area (Å²) in [5, 5.41) is 10.3. The Morgan fingerprint density at radius 2 is 1.83 bits per heavy atom. The van der Waals surface area contributed by atoms with Crippen molar-refractivity contribution in [2.75, 3.05) is 30.8 Å². The lowest BCUT2D eigenvalue weighted by molar-refractivity contribution is -0.161. The molecule has 6 rings (SSSR count). The summed E-state index contributed by atoms with van der Waals surface area (Å²) < 4.78 is 20.2. The molecule has 36 heavy (non-hydrogen) atoms. The fourth-order valence-electron chi connectivity index (χ4n) is 4.87. The first-order chi connectivity index (χ1) is 17.2. The summed E-state index contributed by atoms with van der Waals surface area (Å²) in [7, 11) is 1.72. The maximum atomic E-state index is 13.0. The Balaban J connectivity index is 1.05. The molecule has 11 heteroatoms.